The Hall–Kier alpha value is -2.08. The Morgan fingerprint density at radius 2 is 1.87 bits per heavy atom. The maximum absolute atomic E-state index is 12.0. The Morgan fingerprint density at radius 3 is 2.48 bits per heavy atom. The third-order valence-corrected chi connectivity index (χ3v) is 3.87. The highest BCUT2D eigenvalue weighted by atomic mass is 16.5. The fourth-order valence-electron chi connectivity index (χ4n) is 2.80. The van der Waals surface area contributed by atoms with Crippen molar-refractivity contribution in [2.75, 3.05) is 25.0 Å². The van der Waals surface area contributed by atoms with Crippen molar-refractivity contribution in [1.29, 1.82) is 0 Å². The van der Waals surface area contributed by atoms with E-state index < -0.39 is 0 Å². The van der Waals surface area contributed by atoms with Gasteiger partial charge in [-0.2, -0.15) is 0 Å². The van der Waals surface area contributed by atoms with Crippen molar-refractivity contribution in [3.63, 3.8) is 0 Å². The molecule has 6 nitrogen and oxygen atoms in total. The van der Waals surface area contributed by atoms with Gasteiger partial charge >= 0.3 is 6.03 Å². The smallest absolute Gasteiger partial charge is 0.315 e. The number of carbonyl (C=O) groups is 2. The largest absolute Gasteiger partial charge is 0.376 e. The van der Waals surface area contributed by atoms with Gasteiger partial charge < -0.3 is 20.7 Å². The third kappa shape index (κ3) is 5.25. The van der Waals surface area contributed by atoms with Crippen molar-refractivity contribution in [1.82, 2.24) is 10.6 Å². The fourth-order valence-corrected chi connectivity index (χ4v) is 2.80. The average Bonchev–Trinajstić information content (AvgIpc) is 3.00. The van der Waals surface area contributed by atoms with Crippen LogP contribution >= 0.6 is 0 Å². The number of nitrogens with one attached hydrogen (secondary N) is 3. The minimum Gasteiger partial charge on any atom is -0.376 e. The van der Waals surface area contributed by atoms with E-state index in [1.165, 1.54) is 0 Å². The second-order valence-corrected chi connectivity index (χ2v) is 6.02. The zero-order chi connectivity index (χ0) is 16.8. The monoisotopic (exact) mass is 319 g/mol. The van der Waals surface area contributed by atoms with Crippen LogP contribution in [0.4, 0.5) is 10.5 Å². The van der Waals surface area contributed by atoms with E-state index in [4.69, 9.17) is 4.74 Å². The lowest BCUT2D eigenvalue weighted by Gasteiger charge is -2.14. The topological polar surface area (TPSA) is 79.5 Å². The number of urea groups is 1. The number of hydrogen-bond acceptors (Lipinski definition) is 3. The Bertz CT molecular complexity index is 557. The van der Waals surface area contributed by atoms with Crippen LogP contribution in [0.1, 0.15) is 29.5 Å². The molecule has 3 N–H and O–H groups in total. The number of amides is 3. The molecule has 126 valence electrons. The van der Waals surface area contributed by atoms with Crippen LogP contribution in [0.5, 0.6) is 0 Å². The maximum atomic E-state index is 12.0. The molecule has 0 spiro atoms. The molecule has 1 aliphatic heterocycles. The van der Waals surface area contributed by atoms with Crippen LogP contribution in [0, 0.1) is 20.8 Å². The second-order valence-electron chi connectivity index (χ2n) is 6.02. The molecule has 3 amide bonds. The van der Waals surface area contributed by atoms with Crippen LogP contribution in [0.25, 0.3) is 0 Å². The van der Waals surface area contributed by atoms with Gasteiger partial charge in [-0.25, -0.2) is 4.79 Å². The van der Waals surface area contributed by atoms with E-state index in [-0.39, 0.29) is 24.6 Å². The van der Waals surface area contributed by atoms with Crippen molar-refractivity contribution in [3.05, 3.63) is 28.8 Å². The minimum absolute atomic E-state index is 0.0654. The Balaban J connectivity index is 1.75. The van der Waals surface area contributed by atoms with E-state index in [0.29, 0.717) is 6.54 Å². The summed E-state index contributed by atoms with van der Waals surface area (Å²) in [4.78, 5) is 23.7. The molecule has 23 heavy (non-hydrogen) atoms. The molecular formula is C17H25N3O3. The van der Waals surface area contributed by atoms with Gasteiger partial charge in [0, 0.05) is 18.8 Å². The number of ether oxygens (including phenoxy) is 1. The molecule has 0 bridgehead atoms. The molecule has 1 atom stereocenters. The summed E-state index contributed by atoms with van der Waals surface area (Å²) in [5.41, 5.74) is 3.99. The molecule has 0 aliphatic carbocycles. The standard InChI is InChI=1S/C17H25N3O3/c1-11-7-12(2)16(13(3)8-11)20-15(21)10-19-17(22)18-9-14-5-4-6-23-14/h7-8,14H,4-6,9-10H2,1-3H3,(H,20,21)(H2,18,19,22)/t14-/m1/s1. The highest BCUT2D eigenvalue weighted by molar-refractivity contribution is 5.95. The van der Waals surface area contributed by atoms with Crippen LogP contribution in [0.2, 0.25) is 0 Å². The number of carbonyl (C=O) groups excluding carboxylic acids is 2. The van der Waals surface area contributed by atoms with E-state index in [1.807, 2.05) is 32.9 Å². The number of hydrogen-bond donors (Lipinski definition) is 3. The molecule has 1 aromatic rings. The Labute approximate surface area is 137 Å². The molecule has 1 fully saturated rings. The van der Waals surface area contributed by atoms with Crippen LogP contribution in [0.3, 0.4) is 0 Å². The SMILES string of the molecule is Cc1cc(C)c(NC(=O)CNC(=O)NC[C@H]2CCCO2)c(C)c1. The summed E-state index contributed by atoms with van der Waals surface area (Å²) in [6.07, 6.45) is 2.09. The zero-order valence-corrected chi connectivity index (χ0v) is 14.0. The van der Waals surface area contributed by atoms with Crippen molar-refractivity contribution < 1.29 is 14.3 Å². The molecule has 1 aromatic carbocycles. The highest BCUT2D eigenvalue weighted by Crippen LogP contribution is 2.21. The molecule has 0 radical (unpaired) electrons. The van der Waals surface area contributed by atoms with Gasteiger partial charge in [0.1, 0.15) is 0 Å². The Morgan fingerprint density at radius 1 is 1.17 bits per heavy atom. The Kier molecular flexibility index (Phi) is 5.98. The van der Waals surface area contributed by atoms with Crippen LogP contribution in [0.15, 0.2) is 12.1 Å². The van der Waals surface area contributed by atoms with Gasteiger partial charge in [-0.05, 0) is 44.7 Å². The molecule has 2 rings (SSSR count). The van der Waals surface area contributed by atoms with Gasteiger partial charge in [0.25, 0.3) is 0 Å². The second kappa shape index (κ2) is 7.97. The van der Waals surface area contributed by atoms with E-state index in [2.05, 4.69) is 16.0 Å². The average molecular weight is 319 g/mol. The van der Waals surface area contributed by atoms with Crippen molar-refractivity contribution >= 4 is 17.6 Å². The number of benzene rings is 1. The summed E-state index contributed by atoms with van der Waals surface area (Å²) in [6, 6.07) is 3.68. The molecular weight excluding hydrogens is 294 g/mol. The van der Waals surface area contributed by atoms with Crippen LogP contribution < -0.4 is 16.0 Å². The molecule has 6 heteroatoms. The minimum atomic E-state index is -0.354. The summed E-state index contributed by atoms with van der Waals surface area (Å²) in [5.74, 6) is -0.243. The molecule has 1 aliphatic rings. The molecule has 1 heterocycles. The van der Waals surface area contributed by atoms with Crippen LogP contribution in [-0.2, 0) is 9.53 Å². The summed E-state index contributed by atoms with van der Waals surface area (Å²) >= 11 is 0. The van der Waals surface area contributed by atoms with E-state index >= 15 is 0 Å². The highest BCUT2D eigenvalue weighted by Gasteiger charge is 2.16. The van der Waals surface area contributed by atoms with Crippen LogP contribution in [-0.4, -0.2) is 37.7 Å². The summed E-state index contributed by atoms with van der Waals surface area (Å²) < 4.78 is 5.42. The van der Waals surface area contributed by atoms with Gasteiger partial charge in [-0.15, -0.1) is 0 Å². The molecule has 0 saturated carbocycles. The van der Waals surface area contributed by atoms with E-state index in [0.717, 1.165) is 41.8 Å². The first-order valence-corrected chi connectivity index (χ1v) is 7.96. The van der Waals surface area contributed by atoms with E-state index in [1.54, 1.807) is 0 Å². The first-order chi connectivity index (χ1) is 11.0. The predicted molar refractivity (Wildman–Crippen MR) is 89.7 cm³/mol. The fraction of sp³-hybridized carbons (Fsp3) is 0.529. The van der Waals surface area contributed by atoms with Gasteiger partial charge in [-0.1, -0.05) is 17.7 Å². The maximum Gasteiger partial charge on any atom is 0.315 e. The molecule has 0 aromatic heterocycles. The number of aryl methyl sites for hydroxylation is 3. The predicted octanol–water partition coefficient (Wildman–Crippen LogP) is 2.03. The van der Waals surface area contributed by atoms with Crippen molar-refractivity contribution in [3.8, 4) is 0 Å². The quantitative estimate of drug-likeness (QED) is 0.777. The third-order valence-electron chi connectivity index (χ3n) is 3.87. The number of rotatable bonds is 5. The first-order valence-electron chi connectivity index (χ1n) is 7.96. The molecule has 1 saturated heterocycles. The van der Waals surface area contributed by atoms with Crippen molar-refractivity contribution in [2.45, 2.75) is 39.7 Å². The normalized spacial score (nSPS) is 16.9. The lowest BCUT2D eigenvalue weighted by molar-refractivity contribution is -0.115. The summed E-state index contributed by atoms with van der Waals surface area (Å²) in [5, 5.41) is 8.13. The van der Waals surface area contributed by atoms with Crippen molar-refractivity contribution in [2.24, 2.45) is 0 Å². The summed E-state index contributed by atoms with van der Waals surface area (Å²) in [6.45, 7) is 7.10. The van der Waals surface area contributed by atoms with Gasteiger partial charge in [-0.3, -0.25) is 4.79 Å². The number of anilines is 1. The lowest BCUT2D eigenvalue weighted by atomic mass is 10.1. The van der Waals surface area contributed by atoms with Gasteiger partial charge in [0.15, 0.2) is 0 Å². The van der Waals surface area contributed by atoms with E-state index in [9.17, 15) is 9.59 Å². The lowest BCUT2D eigenvalue weighted by Crippen LogP contribution is -2.42. The first kappa shape index (κ1) is 17.3. The van der Waals surface area contributed by atoms with Gasteiger partial charge in [0.05, 0.1) is 12.6 Å². The summed E-state index contributed by atoms with van der Waals surface area (Å²) in [7, 11) is 0. The van der Waals surface area contributed by atoms with Gasteiger partial charge in [0.2, 0.25) is 5.91 Å². The molecule has 0 unspecified atom stereocenters. The zero-order valence-electron chi connectivity index (χ0n) is 14.0.